The molecule has 0 unspecified atom stereocenters. The number of carboxylic acids is 1. The Labute approximate surface area is 210 Å². The Balaban J connectivity index is 1.44. The van der Waals surface area contributed by atoms with Crippen LogP contribution >= 0.6 is 0 Å². The first kappa shape index (κ1) is 23.7. The maximum Gasteiger partial charge on any atom is 0.303 e. The number of unbranched alkanes of at least 4 members (excludes halogenated alkanes) is 1. The lowest BCUT2D eigenvalue weighted by atomic mass is 9.71. The molecule has 3 aromatic carbocycles. The van der Waals surface area contributed by atoms with Crippen LogP contribution in [0, 0.1) is 0 Å². The Kier molecular flexibility index (Phi) is 6.76. The fourth-order valence-electron chi connectivity index (χ4n) is 4.87. The average molecular weight is 480 g/mol. The zero-order valence-electron chi connectivity index (χ0n) is 20.1. The van der Waals surface area contributed by atoms with Gasteiger partial charge in [0.1, 0.15) is 0 Å². The molecule has 1 aliphatic carbocycles. The third kappa shape index (κ3) is 4.98. The maximum absolute atomic E-state index is 13.3. The average Bonchev–Trinajstić information content (AvgIpc) is 2.88. The van der Waals surface area contributed by atoms with Crippen LogP contribution in [-0.4, -0.2) is 27.0 Å². The summed E-state index contributed by atoms with van der Waals surface area (Å²) >= 11 is 0. The number of rotatable bonds is 9. The smallest absolute Gasteiger partial charge is 0.303 e. The normalized spacial score (nSPS) is 14.2. The van der Waals surface area contributed by atoms with Gasteiger partial charge in [-0.1, -0.05) is 60.7 Å². The second kappa shape index (κ2) is 10.3. The van der Waals surface area contributed by atoms with Gasteiger partial charge < -0.3 is 10.4 Å². The maximum atomic E-state index is 13.3. The van der Waals surface area contributed by atoms with E-state index in [9.17, 15) is 9.59 Å². The highest BCUT2D eigenvalue weighted by Crippen LogP contribution is 2.41. The van der Waals surface area contributed by atoms with E-state index in [0.717, 1.165) is 47.3 Å². The van der Waals surface area contributed by atoms with Crippen LogP contribution in [0.1, 0.15) is 60.1 Å². The van der Waals surface area contributed by atoms with Gasteiger partial charge in [-0.15, -0.1) is 0 Å². The van der Waals surface area contributed by atoms with Crippen molar-refractivity contribution < 1.29 is 14.7 Å². The molecule has 5 rings (SSSR count). The highest BCUT2D eigenvalue weighted by Gasteiger charge is 2.40. The molecule has 1 fully saturated rings. The van der Waals surface area contributed by atoms with Gasteiger partial charge in [-0.05, 0) is 62.3 Å². The zero-order valence-corrected chi connectivity index (χ0v) is 20.1. The number of carbonyl (C=O) groups is 2. The number of benzene rings is 3. The SMILES string of the molecule is O=C(O)CCCCc1nc2cc(C(=O)NC3(c4ccccc4)CCC3)ccc2nc1-c1ccccc1. The van der Waals surface area contributed by atoms with E-state index >= 15 is 0 Å². The van der Waals surface area contributed by atoms with Crippen LogP contribution < -0.4 is 5.32 Å². The van der Waals surface area contributed by atoms with Crippen molar-refractivity contribution in [3.63, 3.8) is 0 Å². The minimum absolute atomic E-state index is 0.114. The largest absolute Gasteiger partial charge is 0.481 e. The van der Waals surface area contributed by atoms with Crippen molar-refractivity contribution in [2.75, 3.05) is 0 Å². The van der Waals surface area contributed by atoms with Crippen molar-refractivity contribution in [2.24, 2.45) is 0 Å². The molecule has 1 aliphatic rings. The summed E-state index contributed by atoms with van der Waals surface area (Å²) in [6.07, 6.45) is 4.97. The number of amides is 1. The number of nitrogens with zero attached hydrogens (tertiary/aromatic N) is 2. The van der Waals surface area contributed by atoms with E-state index in [1.165, 1.54) is 0 Å². The number of fused-ring (bicyclic) bond motifs is 1. The second-order valence-electron chi connectivity index (χ2n) is 9.45. The van der Waals surface area contributed by atoms with Gasteiger partial charge in [0.05, 0.1) is 28.0 Å². The van der Waals surface area contributed by atoms with Crippen molar-refractivity contribution in [1.82, 2.24) is 15.3 Å². The van der Waals surface area contributed by atoms with Gasteiger partial charge in [-0.2, -0.15) is 0 Å². The summed E-state index contributed by atoms with van der Waals surface area (Å²) in [7, 11) is 0. The number of hydrogen-bond donors (Lipinski definition) is 2. The van der Waals surface area contributed by atoms with Crippen LogP contribution in [-0.2, 0) is 16.8 Å². The number of aromatic nitrogens is 2. The van der Waals surface area contributed by atoms with Crippen LogP contribution in [0.25, 0.3) is 22.3 Å². The first-order chi connectivity index (χ1) is 17.5. The third-order valence-corrected chi connectivity index (χ3v) is 6.99. The molecule has 182 valence electrons. The molecule has 1 amide bonds. The van der Waals surface area contributed by atoms with Crippen molar-refractivity contribution in [3.05, 3.63) is 95.7 Å². The van der Waals surface area contributed by atoms with E-state index in [-0.39, 0.29) is 17.9 Å². The molecule has 0 bridgehead atoms. The van der Waals surface area contributed by atoms with E-state index in [2.05, 4.69) is 17.4 Å². The summed E-state index contributed by atoms with van der Waals surface area (Å²) in [6.45, 7) is 0. The summed E-state index contributed by atoms with van der Waals surface area (Å²) in [5.41, 5.74) is 5.36. The third-order valence-electron chi connectivity index (χ3n) is 6.99. The summed E-state index contributed by atoms with van der Waals surface area (Å²) in [6, 6.07) is 25.5. The molecule has 1 aromatic heterocycles. The van der Waals surface area contributed by atoms with E-state index in [4.69, 9.17) is 15.1 Å². The molecule has 0 spiro atoms. The first-order valence-electron chi connectivity index (χ1n) is 12.5. The van der Waals surface area contributed by atoms with Gasteiger partial charge in [0.2, 0.25) is 0 Å². The molecule has 0 radical (unpaired) electrons. The zero-order chi connectivity index (χ0) is 25.0. The lowest BCUT2D eigenvalue weighted by Gasteiger charge is -2.43. The van der Waals surface area contributed by atoms with Crippen LogP contribution in [0.4, 0.5) is 0 Å². The Morgan fingerprint density at radius 1 is 0.861 bits per heavy atom. The molecule has 0 aliphatic heterocycles. The minimum Gasteiger partial charge on any atom is -0.481 e. The van der Waals surface area contributed by atoms with Crippen LogP contribution in [0.5, 0.6) is 0 Å². The summed E-state index contributed by atoms with van der Waals surface area (Å²) in [4.78, 5) is 34.0. The van der Waals surface area contributed by atoms with Gasteiger partial charge in [0.15, 0.2) is 0 Å². The van der Waals surface area contributed by atoms with Crippen LogP contribution in [0.3, 0.4) is 0 Å². The lowest BCUT2D eigenvalue weighted by molar-refractivity contribution is -0.137. The van der Waals surface area contributed by atoms with Gasteiger partial charge in [0, 0.05) is 17.5 Å². The molecule has 1 heterocycles. The molecule has 4 aromatic rings. The molecule has 0 saturated heterocycles. The lowest BCUT2D eigenvalue weighted by Crippen LogP contribution is -2.50. The number of nitrogens with one attached hydrogen (secondary N) is 1. The van der Waals surface area contributed by atoms with Gasteiger partial charge in [0.25, 0.3) is 5.91 Å². The predicted molar refractivity (Wildman–Crippen MR) is 140 cm³/mol. The number of hydrogen-bond acceptors (Lipinski definition) is 4. The van der Waals surface area contributed by atoms with Gasteiger partial charge in [-0.25, -0.2) is 9.97 Å². The van der Waals surface area contributed by atoms with Gasteiger partial charge >= 0.3 is 5.97 Å². The van der Waals surface area contributed by atoms with E-state index in [0.29, 0.717) is 30.3 Å². The van der Waals surface area contributed by atoms with Crippen LogP contribution in [0.15, 0.2) is 78.9 Å². The van der Waals surface area contributed by atoms with E-state index < -0.39 is 5.97 Å². The highest BCUT2D eigenvalue weighted by molar-refractivity contribution is 5.98. The molecule has 6 heteroatoms. The molecule has 1 saturated carbocycles. The Hall–Kier alpha value is -4.06. The van der Waals surface area contributed by atoms with Crippen molar-refractivity contribution in [2.45, 2.75) is 50.5 Å². The molecule has 2 N–H and O–H groups in total. The predicted octanol–water partition coefficient (Wildman–Crippen LogP) is 5.90. The van der Waals surface area contributed by atoms with Crippen molar-refractivity contribution >= 4 is 22.9 Å². The fraction of sp³-hybridized carbons (Fsp3) is 0.267. The number of carboxylic acid groups (broad SMARTS) is 1. The first-order valence-corrected chi connectivity index (χ1v) is 12.5. The molecule has 36 heavy (non-hydrogen) atoms. The second-order valence-corrected chi connectivity index (χ2v) is 9.45. The Morgan fingerprint density at radius 3 is 2.25 bits per heavy atom. The molecular formula is C30H29N3O3. The van der Waals surface area contributed by atoms with Gasteiger partial charge in [-0.3, -0.25) is 9.59 Å². The Bertz CT molecular complexity index is 1380. The quantitative estimate of drug-likeness (QED) is 0.292. The van der Waals surface area contributed by atoms with E-state index in [1.807, 2.05) is 66.7 Å². The van der Waals surface area contributed by atoms with Crippen molar-refractivity contribution in [3.8, 4) is 11.3 Å². The monoisotopic (exact) mass is 479 g/mol. The summed E-state index contributed by atoms with van der Waals surface area (Å²) in [5.74, 6) is -0.907. The van der Waals surface area contributed by atoms with Crippen LogP contribution in [0.2, 0.25) is 0 Å². The number of carbonyl (C=O) groups excluding carboxylic acids is 1. The standard InChI is InChI=1S/C30H29N3O3/c34-27(35)15-8-7-14-25-28(21-10-3-1-4-11-21)32-24-17-16-22(20-26(24)31-25)29(36)33-30(18-9-19-30)23-12-5-2-6-13-23/h1-6,10-13,16-17,20H,7-9,14-15,18-19H2,(H,33,36)(H,34,35). The van der Waals surface area contributed by atoms with Crippen molar-refractivity contribution in [1.29, 1.82) is 0 Å². The summed E-state index contributed by atoms with van der Waals surface area (Å²) in [5, 5.41) is 12.3. The topological polar surface area (TPSA) is 92.2 Å². The van der Waals surface area contributed by atoms with E-state index in [1.54, 1.807) is 0 Å². The minimum atomic E-state index is -0.793. The Morgan fingerprint density at radius 2 is 1.58 bits per heavy atom. The highest BCUT2D eigenvalue weighted by atomic mass is 16.4. The molecule has 0 atom stereocenters. The molecule has 6 nitrogen and oxygen atoms in total. The number of aryl methyl sites for hydroxylation is 1. The number of aliphatic carboxylic acids is 1. The fourth-order valence-corrected chi connectivity index (χ4v) is 4.87. The summed E-state index contributed by atoms with van der Waals surface area (Å²) < 4.78 is 0. The molecular weight excluding hydrogens is 450 g/mol.